The minimum Gasteiger partial charge on any atom is -0.336 e. The molecule has 0 unspecified atom stereocenters. The SMILES string of the molecule is CCC(=O)Nc1cncc(-c2cnc3ncnc(-c4nc5c(-n6cnc(C)c6)nccc5[nH]4)c3c2)c1. The van der Waals surface area contributed by atoms with Crippen LogP contribution in [0.2, 0.25) is 0 Å². The van der Waals surface area contributed by atoms with Crippen LogP contribution >= 0.6 is 0 Å². The second kappa shape index (κ2) is 8.62. The molecule has 1 amide bonds. The van der Waals surface area contributed by atoms with E-state index in [4.69, 9.17) is 4.98 Å². The van der Waals surface area contributed by atoms with Crippen molar-refractivity contribution in [2.75, 3.05) is 5.32 Å². The Bertz CT molecular complexity index is 1750. The number of nitrogens with one attached hydrogen (secondary N) is 2. The third-order valence-corrected chi connectivity index (χ3v) is 5.73. The Labute approximate surface area is 204 Å². The number of imidazole rings is 2. The van der Waals surface area contributed by atoms with Gasteiger partial charge in [0.25, 0.3) is 0 Å². The number of aromatic amines is 1. The van der Waals surface area contributed by atoms with Gasteiger partial charge in [-0.3, -0.25) is 14.3 Å². The molecule has 176 valence electrons. The molecular weight excluding hydrogens is 456 g/mol. The highest BCUT2D eigenvalue weighted by atomic mass is 16.1. The summed E-state index contributed by atoms with van der Waals surface area (Å²) in [6, 6.07) is 5.68. The first kappa shape index (κ1) is 21.5. The predicted octanol–water partition coefficient (Wildman–Crippen LogP) is 3.87. The van der Waals surface area contributed by atoms with E-state index in [1.165, 1.54) is 6.33 Å². The quantitative estimate of drug-likeness (QED) is 0.382. The molecule has 6 rings (SSSR count). The molecule has 0 aliphatic heterocycles. The van der Waals surface area contributed by atoms with Gasteiger partial charge in [0.2, 0.25) is 5.91 Å². The average Bonchev–Trinajstić information content (AvgIpc) is 3.54. The van der Waals surface area contributed by atoms with E-state index in [2.05, 4.69) is 40.2 Å². The fourth-order valence-corrected chi connectivity index (χ4v) is 3.97. The van der Waals surface area contributed by atoms with Crippen molar-refractivity contribution in [3.8, 4) is 28.5 Å². The number of pyridine rings is 3. The lowest BCUT2D eigenvalue weighted by Gasteiger charge is -2.08. The van der Waals surface area contributed by atoms with E-state index in [-0.39, 0.29) is 5.91 Å². The van der Waals surface area contributed by atoms with E-state index in [1.807, 2.05) is 35.9 Å². The summed E-state index contributed by atoms with van der Waals surface area (Å²) < 4.78 is 1.84. The number of hydrogen-bond acceptors (Lipinski definition) is 8. The van der Waals surface area contributed by atoms with E-state index in [1.54, 1.807) is 38.0 Å². The smallest absolute Gasteiger partial charge is 0.224 e. The molecule has 0 saturated heterocycles. The summed E-state index contributed by atoms with van der Waals surface area (Å²) >= 11 is 0. The highest BCUT2D eigenvalue weighted by Crippen LogP contribution is 2.30. The topological polar surface area (TPSA) is 140 Å². The lowest BCUT2D eigenvalue weighted by Crippen LogP contribution is -2.09. The second-order valence-corrected chi connectivity index (χ2v) is 8.22. The number of nitrogens with zero attached hydrogens (tertiary/aromatic N) is 8. The molecule has 36 heavy (non-hydrogen) atoms. The lowest BCUT2D eigenvalue weighted by molar-refractivity contribution is -0.115. The zero-order chi connectivity index (χ0) is 24.6. The normalized spacial score (nSPS) is 11.3. The number of aromatic nitrogens is 9. The summed E-state index contributed by atoms with van der Waals surface area (Å²) in [6.45, 7) is 3.72. The van der Waals surface area contributed by atoms with Gasteiger partial charge in [0.05, 0.1) is 23.1 Å². The summed E-state index contributed by atoms with van der Waals surface area (Å²) in [5, 5.41) is 3.56. The Morgan fingerprint density at radius 1 is 1.06 bits per heavy atom. The molecule has 11 nitrogen and oxygen atoms in total. The van der Waals surface area contributed by atoms with Crippen molar-refractivity contribution in [1.29, 1.82) is 0 Å². The molecule has 11 heteroatoms. The maximum Gasteiger partial charge on any atom is 0.224 e. The number of amides is 1. The van der Waals surface area contributed by atoms with Crippen molar-refractivity contribution in [3.63, 3.8) is 0 Å². The maximum atomic E-state index is 11.8. The van der Waals surface area contributed by atoms with Gasteiger partial charge in [-0.2, -0.15) is 0 Å². The van der Waals surface area contributed by atoms with Gasteiger partial charge in [0, 0.05) is 47.7 Å². The van der Waals surface area contributed by atoms with Crippen molar-refractivity contribution in [3.05, 3.63) is 67.5 Å². The van der Waals surface area contributed by atoms with Crippen molar-refractivity contribution < 1.29 is 4.79 Å². The summed E-state index contributed by atoms with van der Waals surface area (Å²) in [7, 11) is 0. The van der Waals surface area contributed by atoms with Crippen LogP contribution in [0.5, 0.6) is 0 Å². The van der Waals surface area contributed by atoms with Gasteiger partial charge in [-0.1, -0.05) is 6.92 Å². The number of hydrogen-bond donors (Lipinski definition) is 2. The number of carbonyl (C=O) groups is 1. The minimum atomic E-state index is -0.0779. The molecule has 0 atom stereocenters. The molecule has 6 heterocycles. The fraction of sp³-hybridized carbons (Fsp3) is 0.120. The number of carbonyl (C=O) groups excluding carboxylic acids is 1. The summed E-state index contributed by atoms with van der Waals surface area (Å²) in [6.07, 6.45) is 12.3. The Hall–Kier alpha value is -5.06. The van der Waals surface area contributed by atoms with Gasteiger partial charge in [-0.25, -0.2) is 29.9 Å². The van der Waals surface area contributed by atoms with Gasteiger partial charge >= 0.3 is 0 Å². The molecule has 0 bridgehead atoms. The first-order chi connectivity index (χ1) is 17.6. The van der Waals surface area contributed by atoms with Gasteiger partial charge in [-0.05, 0) is 25.1 Å². The van der Waals surface area contributed by atoms with Crippen molar-refractivity contribution in [2.24, 2.45) is 0 Å². The summed E-state index contributed by atoms with van der Waals surface area (Å²) in [5.74, 6) is 1.17. The van der Waals surface area contributed by atoms with E-state index in [9.17, 15) is 4.79 Å². The molecule has 0 aliphatic rings. The highest BCUT2D eigenvalue weighted by molar-refractivity contribution is 5.94. The zero-order valence-corrected chi connectivity index (χ0v) is 19.5. The molecule has 0 aromatic carbocycles. The van der Waals surface area contributed by atoms with Gasteiger partial charge in [0.1, 0.15) is 23.9 Å². The Balaban J connectivity index is 1.46. The predicted molar refractivity (Wildman–Crippen MR) is 134 cm³/mol. The molecule has 6 aromatic heterocycles. The molecule has 0 saturated carbocycles. The molecule has 0 spiro atoms. The number of anilines is 1. The fourth-order valence-electron chi connectivity index (χ4n) is 3.97. The van der Waals surface area contributed by atoms with E-state index in [0.717, 1.165) is 27.7 Å². The van der Waals surface area contributed by atoms with E-state index >= 15 is 0 Å². The monoisotopic (exact) mass is 476 g/mol. The van der Waals surface area contributed by atoms with Crippen molar-refractivity contribution in [2.45, 2.75) is 20.3 Å². The largest absolute Gasteiger partial charge is 0.336 e. The molecule has 0 aliphatic carbocycles. The van der Waals surface area contributed by atoms with Crippen LogP contribution in [0.25, 0.3) is 50.5 Å². The highest BCUT2D eigenvalue weighted by Gasteiger charge is 2.16. The number of H-pyrrole nitrogens is 1. The molecule has 6 aromatic rings. The first-order valence-corrected chi connectivity index (χ1v) is 11.3. The van der Waals surface area contributed by atoms with Crippen LogP contribution in [-0.4, -0.2) is 50.3 Å². The maximum absolute atomic E-state index is 11.8. The van der Waals surface area contributed by atoms with Crippen LogP contribution in [0.1, 0.15) is 19.0 Å². The van der Waals surface area contributed by atoms with Gasteiger partial charge in [-0.15, -0.1) is 0 Å². The standard InChI is InChI=1S/C25H20N10O/c1-3-20(36)32-17-6-15(8-26-10-17)16-7-18-21(29-12-30-23(18)28-9-16)24-33-19-4-5-27-25(22(19)34-24)35-11-14(2)31-13-35/h4-13H,3H2,1-2H3,(H,32,36)(H,33,34). The lowest BCUT2D eigenvalue weighted by atomic mass is 10.1. The van der Waals surface area contributed by atoms with Crippen LogP contribution in [0.4, 0.5) is 5.69 Å². The summed E-state index contributed by atoms with van der Waals surface area (Å²) in [4.78, 5) is 46.5. The van der Waals surface area contributed by atoms with Crippen molar-refractivity contribution >= 4 is 33.7 Å². The average molecular weight is 477 g/mol. The molecule has 2 N–H and O–H groups in total. The third-order valence-electron chi connectivity index (χ3n) is 5.73. The van der Waals surface area contributed by atoms with Gasteiger partial charge < -0.3 is 10.3 Å². The van der Waals surface area contributed by atoms with Crippen LogP contribution in [0.3, 0.4) is 0 Å². The Morgan fingerprint density at radius 3 is 2.78 bits per heavy atom. The van der Waals surface area contributed by atoms with Crippen LogP contribution in [0.15, 0.2) is 61.8 Å². The van der Waals surface area contributed by atoms with Crippen molar-refractivity contribution in [1.82, 2.24) is 44.4 Å². The molecular formula is C25H20N10O. The Kier molecular flexibility index (Phi) is 5.14. The number of fused-ring (bicyclic) bond motifs is 2. The minimum absolute atomic E-state index is 0.0779. The molecule has 0 radical (unpaired) electrons. The molecule has 0 fully saturated rings. The van der Waals surface area contributed by atoms with E-state index in [0.29, 0.717) is 40.6 Å². The number of aryl methyl sites for hydroxylation is 1. The van der Waals surface area contributed by atoms with E-state index < -0.39 is 0 Å². The first-order valence-electron chi connectivity index (χ1n) is 11.3. The van der Waals surface area contributed by atoms with Crippen LogP contribution in [0, 0.1) is 6.92 Å². The van der Waals surface area contributed by atoms with Crippen LogP contribution < -0.4 is 5.32 Å². The van der Waals surface area contributed by atoms with Crippen LogP contribution in [-0.2, 0) is 4.79 Å². The third kappa shape index (κ3) is 3.82. The van der Waals surface area contributed by atoms with Gasteiger partial charge in [0.15, 0.2) is 17.3 Å². The Morgan fingerprint density at radius 2 is 1.94 bits per heavy atom. The summed E-state index contributed by atoms with van der Waals surface area (Å²) in [5.41, 5.74) is 5.79. The zero-order valence-electron chi connectivity index (χ0n) is 19.5. The second-order valence-electron chi connectivity index (χ2n) is 8.22. The number of rotatable bonds is 5.